The zero-order valence-corrected chi connectivity index (χ0v) is 15.6. The lowest BCUT2D eigenvalue weighted by molar-refractivity contribution is 1.09. The van der Waals surface area contributed by atoms with Gasteiger partial charge in [-0.25, -0.2) is 9.97 Å². The van der Waals surface area contributed by atoms with Crippen LogP contribution in [-0.4, -0.2) is 14.4 Å². The number of pyridine rings is 2. The third-order valence-electron chi connectivity index (χ3n) is 5.43. The van der Waals surface area contributed by atoms with E-state index in [2.05, 4.69) is 78.0 Å². The number of fused-ring (bicyclic) bond motifs is 6. The molecule has 0 atom stereocenters. The molecule has 0 amide bonds. The Hall–Kier alpha value is -3.20. The molecule has 3 aromatic heterocycles. The topological polar surface area (TPSA) is 30.2 Å². The Morgan fingerprint density at radius 1 is 0.741 bits per heavy atom. The Kier molecular flexibility index (Phi) is 3.68. The van der Waals surface area contributed by atoms with Crippen LogP contribution in [0.25, 0.3) is 38.7 Å². The van der Waals surface area contributed by atoms with E-state index in [0.717, 1.165) is 40.6 Å². The van der Waals surface area contributed by atoms with Gasteiger partial charge in [-0.1, -0.05) is 56.3 Å². The average Bonchev–Trinajstić information content (AvgIpc) is 3.18. The van der Waals surface area contributed by atoms with Crippen molar-refractivity contribution in [2.24, 2.45) is 0 Å². The van der Waals surface area contributed by atoms with E-state index in [1.165, 1.54) is 22.1 Å². The second kappa shape index (κ2) is 6.20. The molecule has 0 saturated carbocycles. The first kappa shape index (κ1) is 16.0. The lowest BCUT2D eigenvalue weighted by Gasteiger charge is -2.10. The van der Waals surface area contributed by atoms with Gasteiger partial charge in [-0.2, -0.15) is 0 Å². The van der Waals surface area contributed by atoms with Crippen molar-refractivity contribution < 1.29 is 0 Å². The van der Waals surface area contributed by atoms with Crippen molar-refractivity contribution in [2.75, 3.05) is 0 Å². The van der Waals surface area contributed by atoms with Crippen molar-refractivity contribution in [1.82, 2.24) is 14.4 Å². The number of hydrogen-bond acceptors (Lipinski definition) is 2. The second-order valence-corrected chi connectivity index (χ2v) is 6.90. The van der Waals surface area contributed by atoms with Gasteiger partial charge in [0.1, 0.15) is 11.3 Å². The van der Waals surface area contributed by atoms with E-state index in [1.807, 2.05) is 12.3 Å². The summed E-state index contributed by atoms with van der Waals surface area (Å²) in [5.74, 6) is 0. The highest BCUT2D eigenvalue weighted by molar-refractivity contribution is 6.10. The molecule has 3 heterocycles. The van der Waals surface area contributed by atoms with Gasteiger partial charge in [-0.05, 0) is 41.5 Å². The van der Waals surface area contributed by atoms with Gasteiger partial charge in [0.05, 0.1) is 5.69 Å². The van der Waals surface area contributed by atoms with Gasteiger partial charge in [-0.3, -0.25) is 4.40 Å². The summed E-state index contributed by atoms with van der Waals surface area (Å²) in [6.45, 7) is 4.42. The van der Waals surface area contributed by atoms with Gasteiger partial charge >= 0.3 is 0 Å². The van der Waals surface area contributed by atoms with Gasteiger partial charge in [0.25, 0.3) is 0 Å². The summed E-state index contributed by atoms with van der Waals surface area (Å²) in [6, 6.07) is 19.2. The summed E-state index contributed by atoms with van der Waals surface area (Å²) < 4.78 is 2.15. The zero-order chi connectivity index (χ0) is 18.4. The highest BCUT2D eigenvalue weighted by Crippen LogP contribution is 2.33. The molecule has 0 bridgehead atoms. The number of nitrogens with zero attached hydrogens (tertiary/aromatic N) is 3. The molecule has 2 aromatic carbocycles. The van der Waals surface area contributed by atoms with E-state index in [4.69, 9.17) is 4.98 Å². The van der Waals surface area contributed by atoms with Crippen LogP contribution in [0.5, 0.6) is 0 Å². The molecule has 5 aromatic rings. The minimum Gasteiger partial charge on any atom is -0.283 e. The maximum Gasteiger partial charge on any atom is 0.147 e. The van der Waals surface area contributed by atoms with Crippen LogP contribution in [0.1, 0.15) is 25.0 Å². The lowest BCUT2D eigenvalue weighted by atomic mass is 9.95. The first-order chi connectivity index (χ1) is 13.3. The molecular weight excluding hydrogens is 330 g/mol. The van der Waals surface area contributed by atoms with Crippen molar-refractivity contribution in [2.45, 2.75) is 26.7 Å². The normalized spacial score (nSPS) is 11.6. The number of imidazole rings is 1. The van der Waals surface area contributed by atoms with Crippen LogP contribution < -0.4 is 0 Å². The standard InChI is InChI=1S/C24H21N3/c1-3-16-9-7-10-17(4-2)22(16)21-15-27-23-19(13-8-14-25-23)18-11-5-6-12-20(18)24(27)26-21/h5-15H,3-4H2,1-2H3. The van der Waals surface area contributed by atoms with Crippen molar-refractivity contribution >= 4 is 27.5 Å². The Morgan fingerprint density at radius 3 is 2.15 bits per heavy atom. The smallest absolute Gasteiger partial charge is 0.147 e. The van der Waals surface area contributed by atoms with Crippen LogP contribution in [0.3, 0.4) is 0 Å². The molecule has 0 N–H and O–H groups in total. The zero-order valence-electron chi connectivity index (χ0n) is 15.6. The molecule has 0 aliphatic heterocycles. The molecule has 27 heavy (non-hydrogen) atoms. The predicted octanol–water partition coefficient (Wildman–Crippen LogP) is 5.83. The molecule has 0 saturated heterocycles. The van der Waals surface area contributed by atoms with Crippen molar-refractivity contribution in [3.8, 4) is 11.3 Å². The summed E-state index contributed by atoms with van der Waals surface area (Å²) in [4.78, 5) is 9.78. The van der Waals surface area contributed by atoms with Crippen molar-refractivity contribution in [3.63, 3.8) is 0 Å². The van der Waals surface area contributed by atoms with E-state index in [-0.39, 0.29) is 0 Å². The highest BCUT2D eigenvalue weighted by Gasteiger charge is 2.16. The number of aryl methyl sites for hydroxylation is 2. The molecule has 0 aliphatic carbocycles. The van der Waals surface area contributed by atoms with Gasteiger partial charge in [-0.15, -0.1) is 0 Å². The van der Waals surface area contributed by atoms with Crippen LogP contribution in [0, 0.1) is 0 Å². The summed E-state index contributed by atoms with van der Waals surface area (Å²) in [6.07, 6.45) is 6.01. The van der Waals surface area contributed by atoms with Crippen LogP contribution >= 0.6 is 0 Å². The minimum atomic E-state index is 0.956. The Labute approximate surface area is 158 Å². The van der Waals surface area contributed by atoms with Crippen LogP contribution in [0.2, 0.25) is 0 Å². The van der Waals surface area contributed by atoms with Crippen LogP contribution in [0.4, 0.5) is 0 Å². The number of rotatable bonds is 3. The van der Waals surface area contributed by atoms with Crippen LogP contribution in [-0.2, 0) is 12.8 Å². The lowest BCUT2D eigenvalue weighted by Crippen LogP contribution is -1.94. The summed E-state index contributed by atoms with van der Waals surface area (Å²) in [5, 5.41) is 3.52. The molecule has 0 aliphatic rings. The Bertz CT molecular complexity index is 1200. The highest BCUT2D eigenvalue weighted by atomic mass is 15.0. The minimum absolute atomic E-state index is 0.956. The molecule has 0 fully saturated rings. The van der Waals surface area contributed by atoms with E-state index >= 15 is 0 Å². The molecule has 3 heteroatoms. The van der Waals surface area contributed by atoms with Crippen molar-refractivity contribution in [1.29, 1.82) is 0 Å². The third-order valence-corrected chi connectivity index (χ3v) is 5.43. The van der Waals surface area contributed by atoms with E-state index in [1.54, 1.807) is 0 Å². The fourth-order valence-corrected chi connectivity index (χ4v) is 4.14. The number of aromatic nitrogens is 3. The van der Waals surface area contributed by atoms with E-state index in [9.17, 15) is 0 Å². The fourth-order valence-electron chi connectivity index (χ4n) is 4.14. The quantitative estimate of drug-likeness (QED) is 0.383. The van der Waals surface area contributed by atoms with Crippen LogP contribution in [0.15, 0.2) is 67.0 Å². The third kappa shape index (κ3) is 2.35. The van der Waals surface area contributed by atoms with E-state index < -0.39 is 0 Å². The summed E-state index contributed by atoms with van der Waals surface area (Å²) in [5.41, 5.74) is 6.93. The predicted molar refractivity (Wildman–Crippen MR) is 112 cm³/mol. The first-order valence-corrected chi connectivity index (χ1v) is 9.57. The maximum absolute atomic E-state index is 5.10. The maximum atomic E-state index is 5.10. The van der Waals surface area contributed by atoms with Gasteiger partial charge in [0, 0.05) is 28.7 Å². The summed E-state index contributed by atoms with van der Waals surface area (Å²) in [7, 11) is 0. The second-order valence-electron chi connectivity index (χ2n) is 6.90. The average molecular weight is 351 g/mol. The number of benzene rings is 2. The summed E-state index contributed by atoms with van der Waals surface area (Å²) >= 11 is 0. The Balaban J connectivity index is 1.94. The van der Waals surface area contributed by atoms with E-state index in [0.29, 0.717) is 0 Å². The van der Waals surface area contributed by atoms with Crippen molar-refractivity contribution in [3.05, 3.63) is 78.1 Å². The largest absolute Gasteiger partial charge is 0.283 e. The SMILES string of the molecule is CCc1cccc(CC)c1-c1cn2c3ncccc3c3ccccc3c2n1. The van der Waals surface area contributed by atoms with Gasteiger partial charge in [0.15, 0.2) is 0 Å². The molecule has 3 nitrogen and oxygen atoms in total. The van der Waals surface area contributed by atoms with Gasteiger partial charge in [0.2, 0.25) is 0 Å². The molecule has 132 valence electrons. The monoisotopic (exact) mass is 351 g/mol. The van der Waals surface area contributed by atoms with Gasteiger partial charge < -0.3 is 0 Å². The molecule has 0 spiro atoms. The number of hydrogen-bond donors (Lipinski definition) is 0. The molecule has 0 unspecified atom stereocenters. The Morgan fingerprint density at radius 2 is 1.41 bits per heavy atom. The fraction of sp³-hybridized carbons (Fsp3) is 0.167. The molecule has 0 radical (unpaired) electrons. The molecule has 5 rings (SSSR count). The first-order valence-electron chi connectivity index (χ1n) is 9.57. The molecular formula is C24H21N3.